The van der Waals surface area contributed by atoms with E-state index in [1.807, 2.05) is 13.8 Å². The zero-order valence-corrected chi connectivity index (χ0v) is 9.71. The third kappa shape index (κ3) is 1.82. The monoisotopic (exact) mass is 242 g/mol. The van der Waals surface area contributed by atoms with Gasteiger partial charge in [-0.25, -0.2) is 4.68 Å². The highest BCUT2D eigenvalue weighted by molar-refractivity contribution is 6.30. The van der Waals surface area contributed by atoms with E-state index in [2.05, 4.69) is 15.3 Å². The van der Waals surface area contributed by atoms with Crippen LogP contribution in [0.25, 0.3) is 5.82 Å². The summed E-state index contributed by atoms with van der Waals surface area (Å²) >= 11 is 11.6. The van der Waals surface area contributed by atoms with Gasteiger partial charge in [0, 0.05) is 5.56 Å². The van der Waals surface area contributed by atoms with Crippen LogP contribution in [0, 0.1) is 13.8 Å². The van der Waals surface area contributed by atoms with Crippen LogP contribution < -0.4 is 0 Å². The maximum atomic E-state index is 5.85. The molecule has 2 rings (SSSR count). The quantitative estimate of drug-likeness (QED) is 0.773. The number of aromatic nitrogens is 4. The second kappa shape index (κ2) is 3.79. The van der Waals surface area contributed by atoms with Gasteiger partial charge < -0.3 is 0 Å². The minimum atomic E-state index is 0.412. The summed E-state index contributed by atoms with van der Waals surface area (Å²) in [6, 6.07) is 0. The van der Waals surface area contributed by atoms with Gasteiger partial charge in [0.2, 0.25) is 0 Å². The van der Waals surface area contributed by atoms with Crippen molar-refractivity contribution in [3.8, 4) is 5.82 Å². The zero-order valence-electron chi connectivity index (χ0n) is 8.20. The first-order valence-electron chi connectivity index (χ1n) is 4.29. The van der Waals surface area contributed by atoms with Gasteiger partial charge in [0.05, 0.1) is 17.4 Å². The normalized spacial score (nSPS) is 10.7. The average molecular weight is 243 g/mol. The summed E-state index contributed by atoms with van der Waals surface area (Å²) in [6.45, 7) is 3.81. The van der Waals surface area contributed by atoms with E-state index in [0.29, 0.717) is 16.0 Å². The van der Waals surface area contributed by atoms with E-state index in [1.54, 1.807) is 17.1 Å². The van der Waals surface area contributed by atoms with Crippen LogP contribution in [0.4, 0.5) is 0 Å². The Balaban J connectivity index is 2.59. The Labute approximate surface area is 96.8 Å². The fourth-order valence-corrected chi connectivity index (χ4v) is 1.51. The molecule has 0 aromatic carbocycles. The molecule has 0 aliphatic carbocycles. The van der Waals surface area contributed by atoms with E-state index < -0.39 is 0 Å². The molecule has 78 valence electrons. The molecule has 15 heavy (non-hydrogen) atoms. The van der Waals surface area contributed by atoms with Crippen LogP contribution in [0.2, 0.25) is 10.2 Å². The third-order valence-corrected chi connectivity index (χ3v) is 2.76. The molecule has 4 nitrogen and oxygen atoms in total. The number of hydrogen-bond acceptors (Lipinski definition) is 3. The van der Waals surface area contributed by atoms with Crippen molar-refractivity contribution in [2.24, 2.45) is 0 Å². The molecule has 0 aliphatic heterocycles. The smallest absolute Gasteiger partial charge is 0.179 e. The van der Waals surface area contributed by atoms with Crippen LogP contribution in [-0.4, -0.2) is 20.0 Å². The van der Waals surface area contributed by atoms with Crippen LogP contribution >= 0.6 is 23.2 Å². The lowest BCUT2D eigenvalue weighted by atomic mass is 10.2. The molecule has 6 heteroatoms. The molecule has 0 saturated heterocycles. The first-order chi connectivity index (χ1) is 7.09. The van der Waals surface area contributed by atoms with Crippen molar-refractivity contribution in [3.63, 3.8) is 0 Å². The number of rotatable bonds is 1. The Morgan fingerprint density at radius 1 is 1.13 bits per heavy atom. The molecule has 2 aromatic rings. The summed E-state index contributed by atoms with van der Waals surface area (Å²) in [6.07, 6.45) is 3.22. The van der Waals surface area contributed by atoms with Crippen LogP contribution in [0.3, 0.4) is 0 Å². The largest absolute Gasteiger partial charge is 0.219 e. The fourth-order valence-electron chi connectivity index (χ4n) is 1.20. The Hall–Kier alpha value is -1.13. The van der Waals surface area contributed by atoms with Crippen molar-refractivity contribution < 1.29 is 0 Å². The van der Waals surface area contributed by atoms with Gasteiger partial charge in [0.25, 0.3) is 0 Å². The van der Waals surface area contributed by atoms with Gasteiger partial charge in [-0.3, -0.25) is 0 Å². The lowest BCUT2D eigenvalue weighted by Crippen LogP contribution is -2.04. The van der Waals surface area contributed by atoms with Gasteiger partial charge in [-0.2, -0.15) is 5.10 Å². The predicted octanol–water partition coefficient (Wildman–Crippen LogP) is 2.59. The van der Waals surface area contributed by atoms with Gasteiger partial charge >= 0.3 is 0 Å². The van der Waals surface area contributed by atoms with Crippen molar-refractivity contribution in [2.45, 2.75) is 13.8 Å². The summed E-state index contributed by atoms with van der Waals surface area (Å²) in [4.78, 5) is 0. The maximum Gasteiger partial charge on any atom is 0.179 e. The van der Waals surface area contributed by atoms with Crippen LogP contribution in [0.15, 0.2) is 12.4 Å². The second-order valence-electron chi connectivity index (χ2n) is 3.17. The molecule has 0 bridgehead atoms. The van der Waals surface area contributed by atoms with Gasteiger partial charge in [-0.15, -0.1) is 10.2 Å². The van der Waals surface area contributed by atoms with Crippen LogP contribution in [0.5, 0.6) is 0 Å². The molecule has 2 aromatic heterocycles. The summed E-state index contributed by atoms with van der Waals surface area (Å²) < 4.78 is 1.58. The molecule has 0 amide bonds. The molecule has 0 aliphatic rings. The molecule has 0 N–H and O–H groups in total. The number of halogens is 2. The van der Waals surface area contributed by atoms with Crippen molar-refractivity contribution in [2.75, 3.05) is 0 Å². The highest BCUT2D eigenvalue weighted by Gasteiger charge is 2.10. The van der Waals surface area contributed by atoms with Gasteiger partial charge in [-0.05, 0) is 19.4 Å². The van der Waals surface area contributed by atoms with E-state index in [-0.39, 0.29) is 0 Å². The maximum absolute atomic E-state index is 5.85. The fraction of sp³-hybridized carbons (Fsp3) is 0.222. The first-order valence-corrected chi connectivity index (χ1v) is 5.05. The van der Waals surface area contributed by atoms with Crippen LogP contribution in [0.1, 0.15) is 11.1 Å². The van der Waals surface area contributed by atoms with E-state index >= 15 is 0 Å². The molecule has 0 fully saturated rings. The minimum Gasteiger partial charge on any atom is -0.219 e. The first kappa shape index (κ1) is 10.4. The van der Waals surface area contributed by atoms with E-state index in [0.717, 1.165) is 11.1 Å². The number of hydrogen-bond donors (Lipinski definition) is 0. The number of nitrogens with zero attached hydrogens (tertiary/aromatic N) is 4. The van der Waals surface area contributed by atoms with E-state index in [4.69, 9.17) is 23.2 Å². The SMILES string of the molecule is Cc1c(Cl)nnc(-n2cc(Cl)cn2)c1C. The van der Waals surface area contributed by atoms with Gasteiger partial charge in [0.15, 0.2) is 11.0 Å². The van der Waals surface area contributed by atoms with Crippen molar-refractivity contribution in [1.82, 2.24) is 20.0 Å². The molecule has 0 unspecified atom stereocenters. The molecule has 0 radical (unpaired) electrons. The van der Waals surface area contributed by atoms with E-state index in [9.17, 15) is 0 Å². The average Bonchev–Trinajstić information content (AvgIpc) is 2.61. The van der Waals surface area contributed by atoms with Crippen LogP contribution in [-0.2, 0) is 0 Å². The zero-order chi connectivity index (χ0) is 11.0. The summed E-state index contributed by atoms with van der Waals surface area (Å²) in [5, 5.41) is 12.8. The standard InChI is InChI=1S/C9H8Cl2N4/c1-5-6(2)9(14-13-8(5)11)15-4-7(10)3-12-15/h3-4H,1-2H3. The van der Waals surface area contributed by atoms with Crippen molar-refractivity contribution in [3.05, 3.63) is 33.7 Å². The minimum absolute atomic E-state index is 0.412. The Bertz CT molecular complexity index is 507. The molecule has 0 atom stereocenters. The second-order valence-corrected chi connectivity index (χ2v) is 3.96. The Kier molecular flexibility index (Phi) is 2.63. The third-order valence-electron chi connectivity index (χ3n) is 2.21. The summed E-state index contributed by atoms with van der Waals surface area (Å²) in [5.41, 5.74) is 1.84. The molecule has 0 saturated carbocycles. The molecule has 0 spiro atoms. The van der Waals surface area contributed by atoms with Gasteiger partial charge in [-0.1, -0.05) is 23.2 Å². The summed E-state index contributed by atoms with van der Waals surface area (Å²) in [5.74, 6) is 0.642. The van der Waals surface area contributed by atoms with Gasteiger partial charge in [0.1, 0.15) is 0 Å². The molecular formula is C9H8Cl2N4. The lowest BCUT2D eigenvalue weighted by molar-refractivity contribution is 0.800. The Morgan fingerprint density at radius 2 is 1.87 bits per heavy atom. The highest BCUT2D eigenvalue weighted by Crippen LogP contribution is 2.20. The predicted molar refractivity (Wildman–Crippen MR) is 58.6 cm³/mol. The van der Waals surface area contributed by atoms with Crippen molar-refractivity contribution >= 4 is 23.2 Å². The van der Waals surface area contributed by atoms with Crippen molar-refractivity contribution in [1.29, 1.82) is 0 Å². The lowest BCUT2D eigenvalue weighted by Gasteiger charge is -2.06. The highest BCUT2D eigenvalue weighted by atomic mass is 35.5. The van der Waals surface area contributed by atoms with E-state index in [1.165, 1.54) is 0 Å². The summed E-state index contributed by atoms with van der Waals surface area (Å²) in [7, 11) is 0. The topological polar surface area (TPSA) is 43.6 Å². The Morgan fingerprint density at radius 3 is 2.47 bits per heavy atom. The molecule has 2 heterocycles. The molecular weight excluding hydrogens is 235 g/mol.